The van der Waals surface area contributed by atoms with Crippen LogP contribution in [0.5, 0.6) is 0 Å². The van der Waals surface area contributed by atoms with Crippen LogP contribution in [0.4, 0.5) is 5.69 Å². The standard InChI is InChI=1S/C16H20N6/c1-2-3-4-5-6-13-7-9-15(10-8-13)18-12-14(11-17)16-19-21-22-20-16/h7-10,12,18H,2-6H2,1H3,(H,19,20,21,22). The van der Waals surface area contributed by atoms with E-state index in [0.29, 0.717) is 5.57 Å². The number of aromatic nitrogens is 4. The Balaban J connectivity index is 1.90. The molecular formula is C16H20N6. The molecule has 2 aromatic rings. The third kappa shape index (κ3) is 4.70. The van der Waals surface area contributed by atoms with Gasteiger partial charge in [-0.15, -0.1) is 10.2 Å². The number of hydrogen-bond donors (Lipinski definition) is 2. The molecule has 0 fully saturated rings. The average Bonchev–Trinajstić information content (AvgIpc) is 3.08. The molecule has 2 N–H and O–H groups in total. The van der Waals surface area contributed by atoms with Gasteiger partial charge in [-0.1, -0.05) is 38.3 Å². The van der Waals surface area contributed by atoms with Crippen molar-refractivity contribution >= 4 is 11.3 Å². The fourth-order valence-electron chi connectivity index (χ4n) is 2.10. The van der Waals surface area contributed by atoms with Crippen molar-refractivity contribution in [1.29, 1.82) is 5.26 Å². The van der Waals surface area contributed by atoms with Crippen molar-refractivity contribution < 1.29 is 0 Å². The van der Waals surface area contributed by atoms with Crippen molar-refractivity contribution in [3.05, 3.63) is 41.9 Å². The first-order valence-electron chi connectivity index (χ1n) is 7.53. The van der Waals surface area contributed by atoms with Gasteiger partial charge in [0.15, 0.2) is 0 Å². The molecule has 0 saturated heterocycles. The van der Waals surface area contributed by atoms with Crippen LogP contribution in [-0.2, 0) is 6.42 Å². The summed E-state index contributed by atoms with van der Waals surface area (Å²) in [7, 11) is 0. The maximum atomic E-state index is 9.08. The number of aryl methyl sites for hydroxylation is 1. The Hall–Kier alpha value is -2.68. The molecule has 6 nitrogen and oxygen atoms in total. The Bertz CT molecular complexity index is 622. The molecule has 0 aliphatic heterocycles. The number of anilines is 1. The van der Waals surface area contributed by atoms with E-state index in [1.807, 2.05) is 18.2 Å². The van der Waals surface area contributed by atoms with E-state index < -0.39 is 0 Å². The highest BCUT2D eigenvalue weighted by atomic mass is 15.5. The van der Waals surface area contributed by atoms with E-state index in [2.05, 4.69) is 45.0 Å². The summed E-state index contributed by atoms with van der Waals surface area (Å²) in [6.07, 6.45) is 7.78. The fourth-order valence-corrected chi connectivity index (χ4v) is 2.10. The number of nitriles is 1. The molecule has 1 heterocycles. The average molecular weight is 296 g/mol. The van der Waals surface area contributed by atoms with Gasteiger partial charge in [0.2, 0.25) is 5.82 Å². The maximum Gasteiger partial charge on any atom is 0.216 e. The summed E-state index contributed by atoms with van der Waals surface area (Å²) >= 11 is 0. The van der Waals surface area contributed by atoms with Crippen LogP contribution >= 0.6 is 0 Å². The number of H-pyrrole nitrogens is 1. The van der Waals surface area contributed by atoms with Gasteiger partial charge >= 0.3 is 0 Å². The number of aromatic amines is 1. The fraction of sp³-hybridized carbons (Fsp3) is 0.375. The van der Waals surface area contributed by atoms with E-state index in [9.17, 15) is 0 Å². The Kier molecular flexibility index (Phi) is 6.12. The minimum absolute atomic E-state index is 0.280. The minimum atomic E-state index is 0.280. The quantitative estimate of drug-likeness (QED) is 0.576. The van der Waals surface area contributed by atoms with Crippen molar-refractivity contribution in [2.24, 2.45) is 0 Å². The Labute approximate surface area is 130 Å². The number of benzene rings is 1. The predicted octanol–water partition coefficient (Wildman–Crippen LogP) is 3.30. The topological polar surface area (TPSA) is 90.3 Å². The molecule has 114 valence electrons. The van der Waals surface area contributed by atoms with Crippen LogP contribution in [0.15, 0.2) is 30.5 Å². The van der Waals surface area contributed by atoms with Gasteiger partial charge in [0.25, 0.3) is 0 Å². The Morgan fingerprint density at radius 2 is 2.09 bits per heavy atom. The van der Waals surface area contributed by atoms with E-state index in [0.717, 1.165) is 12.1 Å². The van der Waals surface area contributed by atoms with Gasteiger partial charge in [0, 0.05) is 11.9 Å². The van der Waals surface area contributed by atoms with E-state index in [1.54, 1.807) is 6.20 Å². The highest BCUT2D eigenvalue weighted by Crippen LogP contribution is 2.14. The van der Waals surface area contributed by atoms with Crippen molar-refractivity contribution in [2.45, 2.75) is 39.0 Å². The number of nitrogens with zero attached hydrogens (tertiary/aromatic N) is 4. The van der Waals surface area contributed by atoms with Crippen molar-refractivity contribution in [3.63, 3.8) is 0 Å². The van der Waals surface area contributed by atoms with Gasteiger partial charge in [-0.3, -0.25) is 0 Å². The molecule has 6 heteroatoms. The molecule has 2 rings (SSSR count). The predicted molar refractivity (Wildman–Crippen MR) is 85.7 cm³/mol. The monoisotopic (exact) mass is 296 g/mol. The van der Waals surface area contributed by atoms with E-state index in [4.69, 9.17) is 5.26 Å². The first-order chi connectivity index (χ1) is 10.8. The number of rotatable bonds is 8. The molecule has 0 unspecified atom stereocenters. The lowest BCUT2D eigenvalue weighted by Gasteiger charge is -2.04. The second-order valence-electron chi connectivity index (χ2n) is 5.06. The zero-order valence-corrected chi connectivity index (χ0v) is 12.7. The number of unbranched alkanes of at least 4 members (excludes halogenated alkanes) is 3. The molecule has 0 spiro atoms. The highest BCUT2D eigenvalue weighted by molar-refractivity contribution is 5.73. The molecule has 0 radical (unpaired) electrons. The molecule has 22 heavy (non-hydrogen) atoms. The highest BCUT2D eigenvalue weighted by Gasteiger charge is 2.05. The first kappa shape index (κ1) is 15.7. The SMILES string of the molecule is CCCCCCc1ccc(NC=C(C#N)c2nn[nH]n2)cc1. The second kappa shape index (κ2) is 8.57. The lowest BCUT2D eigenvalue weighted by atomic mass is 10.1. The van der Waals surface area contributed by atoms with Crippen LogP contribution in [0, 0.1) is 11.3 Å². The molecule has 1 aromatic heterocycles. The molecule has 0 aliphatic rings. The van der Waals surface area contributed by atoms with Crippen molar-refractivity contribution in [1.82, 2.24) is 20.6 Å². The summed E-state index contributed by atoms with van der Waals surface area (Å²) in [4.78, 5) is 0. The van der Waals surface area contributed by atoms with Gasteiger partial charge in [0.1, 0.15) is 11.6 Å². The van der Waals surface area contributed by atoms with Gasteiger partial charge in [-0.05, 0) is 35.8 Å². The molecule has 0 amide bonds. The van der Waals surface area contributed by atoms with E-state index in [-0.39, 0.29) is 5.82 Å². The molecule has 0 bridgehead atoms. The van der Waals surface area contributed by atoms with Crippen LogP contribution in [-0.4, -0.2) is 20.6 Å². The first-order valence-corrected chi connectivity index (χ1v) is 7.53. The van der Waals surface area contributed by atoms with Gasteiger partial charge < -0.3 is 5.32 Å². The lowest BCUT2D eigenvalue weighted by Crippen LogP contribution is -1.93. The largest absolute Gasteiger partial charge is 0.360 e. The van der Waals surface area contributed by atoms with E-state index >= 15 is 0 Å². The van der Waals surface area contributed by atoms with Crippen LogP contribution in [0.3, 0.4) is 0 Å². The summed E-state index contributed by atoms with van der Waals surface area (Å²) < 4.78 is 0. The number of hydrogen-bond acceptors (Lipinski definition) is 5. The normalized spacial score (nSPS) is 11.2. The smallest absolute Gasteiger partial charge is 0.216 e. The summed E-state index contributed by atoms with van der Waals surface area (Å²) in [5, 5.41) is 25.5. The van der Waals surface area contributed by atoms with E-state index in [1.165, 1.54) is 31.2 Å². The van der Waals surface area contributed by atoms with Crippen LogP contribution in [0.25, 0.3) is 5.57 Å². The molecule has 0 aliphatic carbocycles. The van der Waals surface area contributed by atoms with Crippen LogP contribution < -0.4 is 5.32 Å². The summed E-state index contributed by atoms with van der Waals surface area (Å²) in [5.41, 5.74) is 2.59. The zero-order valence-electron chi connectivity index (χ0n) is 12.7. The molecular weight excluding hydrogens is 276 g/mol. The zero-order chi connectivity index (χ0) is 15.6. The second-order valence-corrected chi connectivity index (χ2v) is 5.06. The molecule has 0 atom stereocenters. The number of tetrazole rings is 1. The Morgan fingerprint density at radius 1 is 1.27 bits per heavy atom. The maximum absolute atomic E-state index is 9.08. The lowest BCUT2D eigenvalue weighted by molar-refractivity contribution is 0.667. The van der Waals surface area contributed by atoms with Crippen LogP contribution in [0.2, 0.25) is 0 Å². The molecule has 1 aromatic carbocycles. The van der Waals surface area contributed by atoms with Crippen molar-refractivity contribution in [3.8, 4) is 6.07 Å². The van der Waals surface area contributed by atoms with Gasteiger partial charge in [-0.2, -0.15) is 10.5 Å². The summed E-state index contributed by atoms with van der Waals surface area (Å²) in [6, 6.07) is 10.3. The van der Waals surface area contributed by atoms with Crippen LogP contribution in [0.1, 0.15) is 44.0 Å². The third-order valence-electron chi connectivity index (χ3n) is 3.36. The summed E-state index contributed by atoms with van der Waals surface area (Å²) in [5.74, 6) is 0.280. The van der Waals surface area contributed by atoms with Gasteiger partial charge in [0.05, 0.1) is 0 Å². The number of allylic oxidation sites excluding steroid dienone is 1. The minimum Gasteiger partial charge on any atom is -0.360 e. The summed E-state index contributed by atoms with van der Waals surface area (Å²) in [6.45, 7) is 2.22. The van der Waals surface area contributed by atoms with Crippen molar-refractivity contribution in [2.75, 3.05) is 5.32 Å². The number of nitrogens with one attached hydrogen (secondary N) is 2. The Morgan fingerprint density at radius 3 is 2.73 bits per heavy atom. The third-order valence-corrected chi connectivity index (χ3v) is 3.36. The molecule has 0 saturated carbocycles. The van der Waals surface area contributed by atoms with Gasteiger partial charge in [-0.25, -0.2) is 0 Å².